The van der Waals surface area contributed by atoms with Gasteiger partial charge in [-0.25, -0.2) is 33.1 Å². The SMILES string of the molecule is Cc1[nH]nc(Nc2ncnc3cc(OCCN4CCN(c5cnc(C(=O)O)nc5)CC4)c(S(=O)(=O)C(C)(C)C)cc23)c1C. The van der Waals surface area contributed by atoms with Crippen LogP contribution in [0.5, 0.6) is 5.75 Å². The quantitative estimate of drug-likeness (QED) is 0.252. The molecule has 0 saturated carbocycles. The van der Waals surface area contributed by atoms with E-state index in [1.165, 1.54) is 18.7 Å². The van der Waals surface area contributed by atoms with E-state index >= 15 is 0 Å². The minimum atomic E-state index is -3.79. The fourth-order valence-corrected chi connectivity index (χ4v) is 5.96. The molecule has 1 aliphatic rings. The van der Waals surface area contributed by atoms with E-state index in [1.54, 1.807) is 32.9 Å². The minimum absolute atomic E-state index is 0.0786. The molecule has 1 aliphatic heterocycles. The molecule has 1 fully saturated rings. The Morgan fingerprint density at radius 3 is 2.35 bits per heavy atom. The van der Waals surface area contributed by atoms with Crippen LogP contribution in [0.4, 0.5) is 17.3 Å². The lowest BCUT2D eigenvalue weighted by atomic mass is 10.2. The molecule has 0 atom stereocenters. The number of sulfone groups is 1. The van der Waals surface area contributed by atoms with Crippen molar-refractivity contribution in [2.45, 2.75) is 44.3 Å². The summed E-state index contributed by atoms with van der Waals surface area (Å²) < 4.78 is 32.5. The molecule has 0 amide bonds. The Morgan fingerprint density at radius 2 is 1.74 bits per heavy atom. The number of benzene rings is 1. The van der Waals surface area contributed by atoms with Crippen molar-refractivity contribution in [1.82, 2.24) is 35.0 Å². The number of carbonyl (C=O) groups is 1. The summed E-state index contributed by atoms with van der Waals surface area (Å²) in [5.74, 6) is -0.110. The van der Waals surface area contributed by atoms with Gasteiger partial charge >= 0.3 is 5.97 Å². The van der Waals surface area contributed by atoms with Crippen LogP contribution in [0.2, 0.25) is 0 Å². The predicted octanol–water partition coefficient (Wildman–Crippen LogP) is 2.97. The molecule has 228 valence electrons. The smallest absolute Gasteiger partial charge is 0.373 e. The van der Waals surface area contributed by atoms with Crippen LogP contribution in [0.1, 0.15) is 42.6 Å². The molecule has 3 aromatic heterocycles. The van der Waals surface area contributed by atoms with Crippen LogP contribution in [-0.2, 0) is 9.84 Å². The van der Waals surface area contributed by atoms with Crippen molar-refractivity contribution in [2.24, 2.45) is 0 Å². The van der Waals surface area contributed by atoms with Crippen LogP contribution < -0.4 is 15.0 Å². The number of carboxylic acids is 1. The summed E-state index contributed by atoms with van der Waals surface area (Å²) in [6.07, 6.45) is 4.46. The van der Waals surface area contributed by atoms with Crippen LogP contribution in [0, 0.1) is 13.8 Å². The molecule has 3 N–H and O–H groups in total. The Morgan fingerprint density at radius 1 is 1.05 bits per heavy atom. The highest BCUT2D eigenvalue weighted by molar-refractivity contribution is 7.92. The number of nitrogens with zero attached hydrogens (tertiary/aromatic N) is 7. The number of aromatic carboxylic acids is 1. The number of piperazine rings is 1. The van der Waals surface area contributed by atoms with Crippen LogP contribution in [0.15, 0.2) is 35.7 Å². The first kappa shape index (κ1) is 30.1. The zero-order valence-corrected chi connectivity index (χ0v) is 25.6. The first-order valence-electron chi connectivity index (χ1n) is 13.8. The van der Waals surface area contributed by atoms with Gasteiger partial charge in [0, 0.05) is 55.4 Å². The van der Waals surface area contributed by atoms with Gasteiger partial charge in [0.25, 0.3) is 0 Å². The molecule has 0 aliphatic carbocycles. The van der Waals surface area contributed by atoms with Crippen molar-refractivity contribution in [1.29, 1.82) is 0 Å². The van der Waals surface area contributed by atoms with Crippen molar-refractivity contribution >= 4 is 44.0 Å². The average molecular weight is 610 g/mol. The van der Waals surface area contributed by atoms with Gasteiger partial charge in [-0.3, -0.25) is 10.00 Å². The van der Waals surface area contributed by atoms with Gasteiger partial charge in [-0.1, -0.05) is 0 Å². The monoisotopic (exact) mass is 609 g/mol. The molecule has 14 nitrogen and oxygen atoms in total. The van der Waals surface area contributed by atoms with Crippen molar-refractivity contribution in [3.8, 4) is 5.75 Å². The normalized spacial score (nSPS) is 14.7. The van der Waals surface area contributed by atoms with Gasteiger partial charge in [0.05, 0.1) is 28.3 Å². The van der Waals surface area contributed by atoms with E-state index in [-0.39, 0.29) is 23.1 Å². The molecule has 15 heteroatoms. The number of rotatable bonds is 9. The lowest BCUT2D eigenvalue weighted by Gasteiger charge is -2.35. The van der Waals surface area contributed by atoms with Crippen LogP contribution in [0.3, 0.4) is 0 Å². The maximum atomic E-state index is 13.7. The second-order valence-electron chi connectivity index (χ2n) is 11.3. The van der Waals surface area contributed by atoms with E-state index in [0.717, 1.165) is 30.0 Å². The maximum Gasteiger partial charge on any atom is 0.373 e. The Balaban J connectivity index is 1.32. The zero-order valence-electron chi connectivity index (χ0n) is 24.7. The number of nitrogens with one attached hydrogen (secondary N) is 2. The highest BCUT2D eigenvalue weighted by Crippen LogP contribution is 2.37. The number of aromatic amines is 1. The summed E-state index contributed by atoms with van der Waals surface area (Å²) in [5.41, 5.74) is 3.15. The molecule has 0 radical (unpaired) electrons. The first-order chi connectivity index (χ1) is 20.3. The zero-order chi connectivity index (χ0) is 30.9. The Kier molecular flexibility index (Phi) is 8.21. The molecule has 1 aromatic carbocycles. The summed E-state index contributed by atoms with van der Waals surface area (Å²) in [5, 5.41) is 20.0. The molecule has 0 spiro atoms. The lowest BCUT2D eigenvalue weighted by Crippen LogP contribution is -2.47. The van der Waals surface area contributed by atoms with Gasteiger partial charge in [0.15, 0.2) is 15.7 Å². The van der Waals surface area contributed by atoms with E-state index in [4.69, 9.17) is 9.84 Å². The standard InChI is InChI=1S/C28H35N9O5S/c1-17-18(2)34-35-24(17)33-25-20-12-23(43(40,41)28(3,4)5)22(13-21(20)31-16-32-25)42-11-10-36-6-8-37(9-7-36)19-14-29-26(27(38)39)30-15-19/h12-16H,6-11H2,1-5H3,(H,38,39)(H2,31,32,33,34,35). The number of aromatic nitrogens is 6. The fraction of sp³-hybridized carbons (Fsp3) is 0.429. The summed E-state index contributed by atoms with van der Waals surface area (Å²) in [4.78, 5) is 32.0. The summed E-state index contributed by atoms with van der Waals surface area (Å²) in [6, 6.07) is 3.24. The highest BCUT2D eigenvalue weighted by Gasteiger charge is 2.34. The minimum Gasteiger partial charge on any atom is -0.491 e. The molecule has 1 saturated heterocycles. The number of aryl methyl sites for hydroxylation is 1. The van der Waals surface area contributed by atoms with Gasteiger partial charge in [-0.05, 0) is 40.7 Å². The number of hydrogen-bond acceptors (Lipinski definition) is 12. The second kappa shape index (κ2) is 11.7. The van der Waals surface area contributed by atoms with Gasteiger partial charge in [-0.2, -0.15) is 5.10 Å². The van der Waals surface area contributed by atoms with Crippen molar-refractivity contribution in [2.75, 3.05) is 49.5 Å². The highest BCUT2D eigenvalue weighted by atomic mass is 32.2. The van der Waals surface area contributed by atoms with E-state index in [1.807, 2.05) is 13.8 Å². The van der Waals surface area contributed by atoms with Crippen molar-refractivity contribution < 1.29 is 23.1 Å². The third-order valence-corrected chi connectivity index (χ3v) is 10.0. The van der Waals surface area contributed by atoms with E-state index < -0.39 is 20.6 Å². The van der Waals surface area contributed by atoms with Crippen molar-refractivity contribution in [3.05, 3.63) is 47.9 Å². The Bertz CT molecular complexity index is 1740. The molecule has 4 heterocycles. The van der Waals surface area contributed by atoms with Crippen LogP contribution in [-0.4, -0.2) is 98.6 Å². The average Bonchev–Trinajstić information content (AvgIpc) is 3.29. The number of fused-ring (bicyclic) bond motifs is 1. The molecular weight excluding hydrogens is 574 g/mol. The van der Waals surface area contributed by atoms with Gasteiger partial charge in [0.2, 0.25) is 5.82 Å². The third-order valence-electron chi connectivity index (χ3n) is 7.52. The maximum absolute atomic E-state index is 13.7. The van der Waals surface area contributed by atoms with E-state index in [2.05, 4.69) is 45.2 Å². The molecule has 4 aromatic rings. The molecule has 5 rings (SSSR count). The number of H-pyrrole nitrogens is 1. The number of ether oxygens (including phenoxy) is 1. The largest absolute Gasteiger partial charge is 0.491 e. The predicted molar refractivity (Wildman–Crippen MR) is 161 cm³/mol. The van der Waals surface area contributed by atoms with E-state index in [9.17, 15) is 13.2 Å². The van der Waals surface area contributed by atoms with Gasteiger partial charge in [-0.15, -0.1) is 0 Å². The third kappa shape index (κ3) is 6.22. The van der Waals surface area contributed by atoms with Crippen LogP contribution in [0.25, 0.3) is 10.9 Å². The summed E-state index contributed by atoms with van der Waals surface area (Å²) in [6.45, 7) is 12.6. The lowest BCUT2D eigenvalue weighted by molar-refractivity contribution is 0.0683. The molecule has 0 unspecified atom stereocenters. The Labute approximate surface area is 249 Å². The fourth-order valence-electron chi connectivity index (χ4n) is 4.64. The molecular formula is C28H35N9O5S. The summed E-state index contributed by atoms with van der Waals surface area (Å²) in [7, 11) is -3.79. The number of carboxylic acid groups (broad SMARTS) is 1. The second-order valence-corrected chi connectivity index (χ2v) is 14.0. The topological polar surface area (TPSA) is 179 Å². The first-order valence-corrected chi connectivity index (χ1v) is 15.3. The van der Waals surface area contributed by atoms with Gasteiger partial charge < -0.3 is 20.1 Å². The number of anilines is 3. The Hall–Kier alpha value is -4.37. The summed E-state index contributed by atoms with van der Waals surface area (Å²) >= 11 is 0. The van der Waals surface area contributed by atoms with Crippen LogP contribution >= 0.6 is 0 Å². The van der Waals surface area contributed by atoms with Crippen molar-refractivity contribution in [3.63, 3.8) is 0 Å². The van der Waals surface area contributed by atoms with Gasteiger partial charge in [0.1, 0.15) is 29.4 Å². The molecule has 0 bridgehead atoms. The molecule has 43 heavy (non-hydrogen) atoms. The number of hydrogen-bond donors (Lipinski definition) is 3. The van der Waals surface area contributed by atoms with E-state index in [0.29, 0.717) is 42.2 Å².